The molecule has 1 amide bonds. The smallest absolute Gasteiger partial charge is 0.310 e. The van der Waals surface area contributed by atoms with E-state index >= 15 is 0 Å². The van der Waals surface area contributed by atoms with Crippen molar-refractivity contribution >= 4 is 11.9 Å². The third-order valence-electron chi connectivity index (χ3n) is 3.03. The summed E-state index contributed by atoms with van der Waals surface area (Å²) < 4.78 is 4.66. The molecule has 0 aromatic carbocycles. The number of hydrogen-bond acceptors (Lipinski definition) is 5. The minimum absolute atomic E-state index is 0.000504. The minimum atomic E-state index is -0.326. The summed E-state index contributed by atoms with van der Waals surface area (Å²) in [6.07, 6.45) is 4.07. The van der Waals surface area contributed by atoms with Crippen LogP contribution >= 0.6 is 0 Å². The van der Waals surface area contributed by atoms with Gasteiger partial charge in [0.2, 0.25) is 5.91 Å². The lowest BCUT2D eigenvalue weighted by atomic mass is 10.1. The van der Waals surface area contributed by atoms with E-state index in [1.54, 1.807) is 11.1 Å². The fourth-order valence-corrected chi connectivity index (χ4v) is 2.03. The lowest BCUT2D eigenvalue weighted by Gasteiger charge is -2.15. The zero-order chi connectivity index (χ0) is 13.0. The van der Waals surface area contributed by atoms with Crippen molar-refractivity contribution in [3.05, 3.63) is 24.3 Å². The molecule has 1 aliphatic heterocycles. The standard InChI is InChI=1S/C12H15N3O3/c1-18-12(17)9-6-11(16)15(7-9)5-3-10-2-4-13-8-14-10/h2,4,8-9H,3,5-7H2,1H3. The minimum Gasteiger partial charge on any atom is -0.469 e. The molecule has 0 spiro atoms. The molecule has 1 atom stereocenters. The molecular weight excluding hydrogens is 234 g/mol. The summed E-state index contributed by atoms with van der Waals surface area (Å²) in [6, 6.07) is 1.82. The number of hydrogen-bond donors (Lipinski definition) is 0. The molecule has 2 rings (SSSR count). The number of nitrogens with zero attached hydrogens (tertiary/aromatic N) is 3. The molecule has 1 aromatic heterocycles. The third-order valence-corrected chi connectivity index (χ3v) is 3.03. The van der Waals surface area contributed by atoms with Gasteiger partial charge in [0.05, 0.1) is 13.0 Å². The van der Waals surface area contributed by atoms with Gasteiger partial charge in [-0.15, -0.1) is 0 Å². The molecule has 96 valence electrons. The number of rotatable bonds is 4. The summed E-state index contributed by atoms with van der Waals surface area (Å²) in [5, 5.41) is 0. The van der Waals surface area contributed by atoms with Gasteiger partial charge in [0.15, 0.2) is 0 Å². The highest BCUT2D eigenvalue weighted by Crippen LogP contribution is 2.19. The maximum Gasteiger partial charge on any atom is 0.310 e. The SMILES string of the molecule is COC(=O)C1CC(=O)N(CCc2ccncn2)C1. The second-order valence-corrected chi connectivity index (χ2v) is 4.21. The van der Waals surface area contributed by atoms with Crippen molar-refractivity contribution in [2.24, 2.45) is 5.92 Å². The maximum absolute atomic E-state index is 11.7. The Balaban J connectivity index is 1.87. The van der Waals surface area contributed by atoms with Crippen molar-refractivity contribution in [2.75, 3.05) is 20.2 Å². The van der Waals surface area contributed by atoms with Gasteiger partial charge >= 0.3 is 5.97 Å². The fraction of sp³-hybridized carbons (Fsp3) is 0.500. The van der Waals surface area contributed by atoms with Gasteiger partial charge in [-0.25, -0.2) is 9.97 Å². The van der Waals surface area contributed by atoms with Crippen molar-refractivity contribution in [3.63, 3.8) is 0 Å². The highest BCUT2D eigenvalue weighted by atomic mass is 16.5. The first-order valence-electron chi connectivity index (χ1n) is 5.81. The van der Waals surface area contributed by atoms with Crippen molar-refractivity contribution < 1.29 is 14.3 Å². The maximum atomic E-state index is 11.7. The Morgan fingerprint density at radius 1 is 1.61 bits per heavy atom. The molecular formula is C12H15N3O3. The predicted octanol–water partition coefficient (Wildman–Crippen LogP) is 0.0406. The molecule has 0 bridgehead atoms. The van der Waals surface area contributed by atoms with Crippen LogP contribution in [0.25, 0.3) is 0 Å². The van der Waals surface area contributed by atoms with E-state index < -0.39 is 0 Å². The molecule has 0 N–H and O–H groups in total. The summed E-state index contributed by atoms with van der Waals surface area (Å²) >= 11 is 0. The van der Waals surface area contributed by atoms with Gasteiger partial charge in [-0.05, 0) is 6.07 Å². The molecule has 0 saturated carbocycles. The molecule has 0 aliphatic carbocycles. The Labute approximate surface area is 105 Å². The van der Waals surface area contributed by atoms with Crippen molar-refractivity contribution in [1.82, 2.24) is 14.9 Å². The number of esters is 1. The lowest BCUT2D eigenvalue weighted by Crippen LogP contribution is -2.28. The molecule has 6 nitrogen and oxygen atoms in total. The molecule has 0 radical (unpaired) electrons. The van der Waals surface area contributed by atoms with E-state index in [0.29, 0.717) is 19.5 Å². The van der Waals surface area contributed by atoms with Gasteiger partial charge in [-0.1, -0.05) is 0 Å². The number of carbonyl (C=O) groups excluding carboxylic acids is 2. The van der Waals surface area contributed by atoms with Crippen LogP contribution in [0.5, 0.6) is 0 Å². The Kier molecular flexibility index (Phi) is 3.86. The van der Waals surface area contributed by atoms with Crippen LogP contribution in [0.2, 0.25) is 0 Å². The molecule has 2 heterocycles. The van der Waals surface area contributed by atoms with E-state index in [4.69, 9.17) is 0 Å². The molecule has 1 aromatic rings. The lowest BCUT2D eigenvalue weighted by molar-refractivity contribution is -0.145. The Morgan fingerprint density at radius 2 is 2.44 bits per heavy atom. The van der Waals surface area contributed by atoms with Crippen molar-refractivity contribution in [3.8, 4) is 0 Å². The first-order valence-corrected chi connectivity index (χ1v) is 5.81. The Bertz CT molecular complexity index is 435. The zero-order valence-electron chi connectivity index (χ0n) is 10.2. The Morgan fingerprint density at radius 3 is 3.11 bits per heavy atom. The first kappa shape index (κ1) is 12.5. The molecule has 1 fully saturated rings. The fourth-order valence-electron chi connectivity index (χ4n) is 2.03. The topological polar surface area (TPSA) is 72.4 Å². The van der Waals surface area contributed by atoms with Crippen LogP contribution in [0.1, 0.15) is 12.1 Å². The van der Waals surface area contributed by atoms with E-state index in [-0.39, 0.29) is 24.2 Å². The molecule has 18 heavy (non-hydrogen) atoms. The Hall–Kier alpha value is -1.98. The average Bonchev–Trinajstić information content (AvgIpc) is 2.78. The number of aromatic nitrogens is 2. The number of amides is 1. The van der Waals surface area contributed by atoms with Crippen LogP contribution < -0.4 is 0 Å². The number of methoxy groups -OCH3 is 1. The summed E-state index contributed by atoms with van der Waals surface area (Å²) in [5.41, 5.74) is 0.888. The monoisotopic (exact) mass is 249 g/mol. The zero-order valence-corrected chi connectivity index (χ0v) is 10.2. The quantitative estimate of drug-likeness (QED) is 0.704. The highest BCUT2D eigenvalue weighted by Gasteiger charge is 2.34. The van der Waals surface area contributed by atoms with Gasteiger partial charge < -0.3 is 9.64 Å². The van der Waals surface area contributed by atoms with Crippen molar-refractivity contribution in [2.45, 2.75) is 12.8 Å². The molecule has 1 saturated heterocycles. The summed E-state index contributed by atoms with van der Waals surface area (Å²) in [7, 11) is 1.34. The summed E-state index contributed by atoms with van der Waals surface area (Å²) in [4.78, 5) is 32.7. The van der Waals surface area contributed by atoms with Crippen LogP contribution in [0.4, 0.5) is 0 Å². The van der Waals surface area contributed by atoms with E-state index in [0.717, 1.165) is 5.69 Å². The van der Waals surface area contributed by atoms with E-state index in [1.165, 1.54) is 13.4 Å². The number of ether oxygens (including phenoxy) is 1. The molecule has 1 aliphatic rings. The van der Waals surface area contributed by atoms with Crippen molar-refractivity contribution in [1.29, 1.82) is 0 Å². The van der Waals surface area contributed by atoms with Crippen LogP contribution in [-0.4, -0.2) is 46.9 Å². The van der Waals surface area contributed by atoms with Gasteiger partial charge in [0.25, 0.3) is 0 Å². The highest BCUT2D eigenvalue weighted by molar-refractivity contribution is 5.86. The molecule has 1 unspecified atom stereocenters. The number of likely N-dealkylation sites (tertiary alicyclic amines) is 1. The van der Waals surface area contributed by atoms with Gasteiger partial charge in [-0.2, -0.15) is 0 Å². The average molecular weight is 249 g/mol. The van der Waals surface area contributed by atoms with E-state index in [2.05, 4.69) is 14.7 Å². The second-order valence-electron chi connectivity index (χ2n) is 4.21. The first-order chi connectivity index (χ1) is 8.70. The normalized spacial score (nSPS) is 19.1. The third kappa shape index (κ3) is 2.82. The van der Waals surface area contributed by atoms with Gasteiger partial charge in [0.1, 0.15) is 6.33 Å². The van der Waals surface area contributed by atoms with E-state index in [1.807, 2.05) is 6.07 Å². The summed E-state index contributed by atoms with van der Waals surface area (Å²) in [5.74, 6) is -0.639. The largest absolute Gasteiger partial charge is 0.469 e. The van der Waals surface area contributed by atoms with Gasteiger partial charge in [0, 0.05) is 37.8 Å². The predicted molar refractivity (Wildman–Crippen MR) is 62.4 cm³/mol. The molecule has 6 heteroatoms. The number of carbonyl (C=O) groups is 2. The van der Waals surface area contributed by atoms with Gasteiger partial charge in [-0.3, -0.25) is 9.59 Å². The summed E-state index contributed by atoms with van der Waals surface area (Å²) in [6.45, 7) is 1.01. The van der Waals surface area contributed by atoms with Crippen LogP contribution in [-0.2, 0) is 20.7 Å². The van der Waals surface area contributed by atoms with Crippen LogP contribution in [0.3, 0.4) is 0 Å². The van der Waals surface area contributed by atoms with Crippen LogP contribution in [0, 0.1) is 5.92 Å². The van der Waals surface area contributed by atoms with Crippen LogP contribution in [0.15, 0.2) is 18.6 Å². The van der Waals surface area contributed by atoms with E-state index in [9.17, 15) is 9.59 Å². The second kappa shape index (κ2) is 5.57.